The van der Waals surface area contributed by atoms with E-state index in [4.69, 9.17) is 5.11 Å². The van der Waals surface area contributed by atoms with Crippen LogP contribution in [0.3, 0.4) is 0 Å². The number of rotatable bonds is 6. The molecule has 0 spiro atoms. The second-order valence-corrected chi connectivity index (χ2v) is 6.99. The van der Waals surface area contributed by atoms with Gasteiger partial charge in [-0.05, 0) is 24.3 Å². The second-order valence-electron chi connectivity index (χ2n) is 4.62. The summed E-state index contributed by atoms with van der Waals surface area (Å²) in [5.41, 5.74) is 1.04. The lowest BCUT2D eigenvalue weighted by atomic mass is 10.3. The summed E-state index contributed by atoms with van der Waals surface area (Å²) in [7, 11) is 0. The van der Waals surface area contributed by atoms with Gasteiger partial charge in [0.1, 0.15) is 5.01 Å². The number of aliphatic carboxylic acids is 1. The predicted octanol–water partition coefficient (Wildman–Crippen LogP) is 3.27. The molecule has 0 unspecified atom stereocenters. The molecule has 3 rings (SSSR count). The van der Waals surface area contributed by atoms with Gasteiger partial charge in [-0.25, -0.2) is 4.98 Å². The molecule has 0 amide bonds. The van der Waals surface area contributed by atoms with Crippen LogP contribution in [0.25, 0.3) is 10.2 Å². The highest BCUT2D eigenvalue weighted by molar-refractivity contribution is 7.18. The van der Waals surface area contributed by atoms with Crippen LogP contribution in [0.4, 0.5) is 0 Å². The molecule has 0 saturated carbocycles. The summed E-state index contributed by atoms with van der Waals surface area (Å²) in [4.78, 5) is 17.3. The lowest BCUT2D eigenvalue weighted by Gasteiger charge is -1.99. The van der Waals surface area contributed by atoms with Crippen molar-refractivity contribution in [1.82, 2.24) is 10.3 Å². The first-order chi connectivity index (χ1) is 10.2. The molecule has 2 aromatic heterocycles. The van der Waals surface area contributed by atoms with Crippen molar-refractivity contribution in [3.63, 3.8) is 0 Å². The Morgan fingerprint density at radius 3 is 2.71 bits per heavy atom. The maximum absolute atomic E-state index is 10.6. The van der Waals surface area contributed by atoms with Crippen LogP contribution < -0.4 is 5.32 Å². The van der Waals surface area contributed by atoms with Crippen molar-refractivity contribution in [2.45, 2.75) is 19.5 Å². The zero-order chi connectivity index (χ0) is 14.7. The fourth-order valence-electron chi connectivity index (χ4n) is 2.05. The lowest BCUT2D eigenvalue weighted by Crippen LogP contribution is -2.11. The molecule has 0 bridgehead atoms. The Kier molecular flexibility index (Phi) is 4.28. The summed E-state index contributed by atoms with van der Waals surface area (Å²) in [6.07, 6.45) is 0.0997. The number of nitrogens with zero attached hydrogens (tertiary/aromatic N) is 1. The van der Waals surface area contributed by atoms with Crippen molar-refractivity contribution >= 4 is 38.9 Å². The van der Waals surface area contributed by atoms with Gasteiger partial charge in [0.15, 0.2) is 0 Å². The summed E-state index contributed by atoms with van der Waals surface area (Å²) in [6.45, 7) is 1.46. The molecule has 108 valence electrons. The standard InChI is InChI=1S/C15H14N2O2S2/c18-15(19)7-10-5-6-11(20-10)8-16-9-14-17-12-3-1-2-4-13(12)21-14/h1-6,16H,7-9H2,(H,18,19). The van der Waals surface area contributed by atoms with E-state index in [9.17, 15) is 4.79 Å². The molecule has 0 aliphatic rings. The Morgan fingerprint density at radius 2 is 1.90 bits per heavy atom. The van der Waals surface area contributed by atoms with Crippen molar-refractivity contribution in [2.24, 2.45) is 0 Å². The van der Waals surface area contributed by atoms with Crippen molar-refractivity contribution in [3.8, 4) is 0 Å². The quantitative estimate of drug-likeness (QED) is 0.732. The van der Waals surface area contributed by atoms with Crippen LogP contribution in [0, 0.1) is 0 Å². The minimum Gasteiger partial charge on any atom is -0.481 e. The summed E-state index contributed by atoms with van der Waals surface area (Å²) < 4.78 is 1.20. The highest BCUT2D eigenvalue weighted by Crippen LogP contribution is 2.22. The van der Waals surface area contributed by atoms with Gasteiger partial charge in [0.25, 0.3) is 0 Å². The number of benzene rings is 1. The largest absolute Gasteiger partial charge is 0.481 e. The summed E-state index contributed by atoms with van der Waals surface area (Å²) in [6, 6.07) is 12.0. The molecule has 3 aromatic rings. The van der Waals surface area contributed by atoms with Gasteiger partial charge in [-0.1, -0.05) is 12.1 Å². The number of carbonyl (C=O) groups is 1. The maximum atomic E-state index is 10.6. The van der Waals surface area contributed by atoms with Gasteiger partial charge in [-0.2, -0.15) is 0 Å². The summed E-state index contributed by atoms with van der Waals surface area (Å²) in [5.74, 6) is -0.786. The van der Waals surface area contributed by atoms with E-state index < -0.39 is 5.97 Å². The lowest BCUT2D eigenvalue weighted by molar-refractivity contribution is -0.136. The molecule has 0 fully saturated rings. The maximum Gasteiger partial charge on any atom is 0.308 e. The smallest absolute Gasteiger partial charge is 0.308 e. The first-order valence-corrected chi connectivity index (χ1v) is 8.18. The van der Waals surface area contributed by atoms with E-state index in [1.54, 1.807) is 22.7 Å². The van der Waals surface area contributed by atoms with E-state index in [2.05, 4.69) is 16.4 Å². The van der Waals surface area contributed by atoms with Crippen LogP contribution in [-0.4, -0.2) is 16.1 Å². The van der Waals surface area contributed by atoms with E-state index in [0.29, 0.717) is 0 Å². The fourth-order valence-corrected chi connectivity index (χ4v) is 3.97. The highest BCUT2D eigenvalue weighted by atomic mass is 32.1. The second kappa shape index (κ2) is 6.34. The van der Waals surface area contributed by atoms with Gasteiger partial charge >= 0.3 is 5.97 Å². The van der Waals surface area contributed by atoms with Gasteiger partial charge in [0.2, 0.25) is 0 Å². The molecule has 4 nitrogen and oxygen atoms in total. The molecule has 0 aliphatic carbocycles. The van der Waals surface area contributed by atoms with E-state index >= 15 is 0 Å². The number of fused-ring (bicyclic) bond motifs is 1. The number of carboxylic acid groups (broad SMARTS) is 1. The first-order valence-electron chi connectivity index (χ1n) is 6.55. The number of carboxylic acids is 1. The topological polar surface area (TPSA) is 62.2 Å². The number of aromatic nitrogens is 1. The van der Waals surface area contributed by atoms with E-state index in [0.717, 1.165) is 33.4 Å². The van der Waals surface area contributed by atoms with Gasteiger partial charge in [0.05, 0.1) is 16.6 Å². The molecule has 6 heteroatoms. The molecular weight excluding hydrogens is 304 g/mol. The van der Waals surface area contributed by atoms with Crippen LogP contribution >= 0.6 is 22.7 Å². The normalized spacial score (nSPS) is 11.0. The monoisotopic (exact) mass is 318 g/mol. The Balaban J connectivity index is 1.55. The number of hydrogen-bond acceptors (Lipinski definition) is 5. The van der Waals surface area contributed by atoms with Crippen LogP contribution in [0.15, 0.2) is 36.4 Å². The number of nitrogens with one attached hydrogen (secondary N) is 1. The third kappa shape index (κ3) is 3.66. The molecule has 0 aliphatic heterocycles. The Labute approximate surface area is 130 Å². The van der Waals surface area contributed by atoms with Gasteiger partial charge < -0.3 is 10.4 Å². The Morgan fingerprint density at radius 1 is 1.10 bits per heavy atom. The van der Waals surface area contributed by atoms with E-state index in [-0.39, 0.29) is 6.42 Å². The summed E-state index contributed by atoms with van der Waals surface area (Å²) >= 11 is 3.24. The zero-order valence-corrected chi connectivity index (χ0v) is 12.8. The van der Waals surface area contributed by atoms with Crippen LogP contribution in [-0.2, 0) is 24.3 Å². The molecule has 0 atom stereocenters. The average Bonchev–Trinajstić information content (AvgIpc) is 3.04. The SMILES string of the molecule is O=C(O)Cc1ccc(CNCc2nc3ccccc3s2)s1. The van der Waals surface area contributed by atoms with Crippen molar-refractivity contribution in [2.75, 3.05) is 0 Å². The fraction of sp³-hybridized carbons (Fsp3) is 0.200. The van der Waals surface area contributed by atoms with Gasteiger partial charge in [0, 0.05) is 22.8 Å². The van der Waals surface area contributed by atoms with Gasteiger partial charge in [-0.15, -0.1) is 22.7 Å². The third-order valence-corrected chi connectivity index (χ3v) is 5.08. The molecule has 2 heterocycles. The van der Waals surface area contributed by atoms with Crippen LogP contribution in [0.2, 0.25) is 0 Å². The van der Waals surface area contributed by atoms with Crippen molar-refractivity contribution in [3.05, 3.63) is 51.2 Å². The number of thiazole rings is 1. The predicted molar refractivity (Wildman–Crippen MR) is 85.8 cm³/mol. The van der Waals surface area contributed by atoms with E-state index in [1.807, 2.05) is 30.3 Å². The van der Waals surface area contributed by atoms with Crippen molar-refractivity contribution in [1.29, 1.82) is 0 Å². The number of para-hydroxylation sites is 1. The highest BCUT2D eigenvalue weighted by Gasteiger charge is 2.06. The van der Waals surface area contributed by atoms with Crippen LogP contribution in [0.1, 0.15) is 14.8 Å². The van der Waals surface area contributed by atoms with Crippen LogP contribution in [0.5, 0.6) is 0 Å². The molecule has 0 radical (unpaired) electrons. The zero-order valence-electron chi connectivity index (χ0n) is 11.2. The molecular formula is C15H14N2O2S2. The molecule has 1 aromatic carbocycles. The third-order valence-electron chi connectivity index (χ3n) is 2.96. The minimum absolute atomic E-state index is 0.0997. The molecule has 21 heavy (non-hydrogen) atoms. The van der Waals surface area contributed by atoms with E-state index in [1.165, 1.54) is 4.70 Å². The molecule has 0 saturated heterocycles. The minimum atomic E-state index is -0.786. The average molecular weight is 318 g/mol. The first kappa shape index (κ1) is 14.2. The summed E-state index contributed by atoms with van der Waals surface area (Å²) in [5, 5.41) is 13.2. The number of hydrogen-bond donors (Lipinski definition) is 2. The molecule has 2 N–H and O–H groups in total. The number of thiophene rings is 1. The van der Waals surface area contributed by atoms with Gasteiger partial charge in [-0.3, -0.25) is 4.79 Å². The Hall–Kier alpha value is -1.76. The Bertz CT molecular complexity index is 731. The van der Waals surface area contributed by atoms with Crippen molar-refractivity contribution < 1.29 is 9.90 Å².